The number of carbonyl (C=O) groups excluding carboxylic acids is 1. The van der Waals surface area contributed by atoms with Crippen LogP contribution in [-0.2, 0) is 0 Å². The number of halogens is 1. The minimum atomic E-state index is -0.569. The maximum atomic E-state index is 14.3. The van der Waals surface area contributed by atoms with Gasteiger partial charge in [0.05, 0.1) is 39.1 Å². The van der Waals surface area contributed by atoms with Crippen molar-refractivity contribution in [2.24, 2.45) is 5.10 Å². The summed E-state index contributed by atoms with van der Waals surface area (Å²) in [5.41, 5.74) is 2.92. The molecular formula is C22H15FN4OS. The van der Waals surface area contributed by atoms with Gasteiger partial charge in [-0.2, -0.15) is 5.10 Å². The summed E-state index contributed by atoms with van der Waals surface area (Å²) < 4.78 is 14.3. The third kappa shape index (κ3) is 3.19. The van der Waals surface area contributed by atoms with Gasteiger partial charge in [-0.1, -0.05) is 30.3 Å². The first-order valence-corrected chi connectivity index (χ1v) is 10.00. The number of thiophene rings is 1. The number of para-hydroxylation sites is 2. The lowest BCUT2D eigenvalue weighted by molar-refractivity contribution is 0.0703. The highest BCUT2D eigenvalue weighted by Crippen LogP contribution is 2.34. The number of hydrazone groups is 1. The molecule has 0 bridgehead atoms. The van der Waals surface area contributed by atoms with E-state index in [4.69, 9.17) is 4.98 Å². The van der Waals surface area contributed by atoms with E-state index >= 15 is 0 Å². The van der Waals surface area contributed by atoms with Crippen molar-refractivity contribution < 1.29 is 9.18 Å². The summed E-state index contributed by atoms with van der Waals surface area (Å²) in [5, 5.41) is 7.86. The van der Waals surface area contributed by atoms with Gasteiger partial charge in [0.25, 0.3) is 5.91 Å². The van der Waals surface area contributed by atoms with Crippen molar-refractivity contribution in [3.05, 3.63) is 94.2 Å². The van der Waals surface area contributed by atoms with Gasteiger partial charge in [-0.05, 0) is 35.7 Å². The predicted octanol–water partition coefficient (Wildman–Crippen LogP) is 4.82. The van der Waals surface area contributed by atoms with E-state index < -0.39 is 17.8 Å². The maximum absolute atomic E-state index is 14.3. The first kappa shape index (κ1) is 17.6. The topological polar surface area (TPSA) is 58.5 Å². The van der Waals surface area contributed by atoms with Crippen LogP contribution in [0.1, 0.15) is 33.4 Å². The van der Waals surface area contributed by atoms with E-state index in [0.29, 0.717) is 12.1 Å². The molecule has 1 aliphatic rings. The number of amides is 1. The Morgan fingerprint density at radius 2 is 1.83 bits per heavy atom. The van der Waals surface area contributed by atoms with E-state index in [0.717, 1.165) is 21.6 Å². The third-order valence-corrected chi connectivity index (χ3v) is 5.76. The monoisotopic (exact) mass is 402 g/mol. The average Bonchev–Trinajstić information content (AvgIpc) is 3.43. The van der Waals surface area contributed by atoms with Crippen LogP contribution >= 0.6 is 11.3 Å². The van der Waals surface area contributed by atoms with Crippen molar-refractivity contribution in [3.63, 3.8) is 0 Å². The molecule has 5 nitrogen and oxygen atoms in total. The van der Waals surface area contributed by atoms with Gasteiger partial charge in [-0.3, -0.25) is 9.78 Å². The molecule has 142 valence electrons. The number of aromatic nitrogens is 2. The van der Waals surface area contributed by atoms with E-state index in [1.165, 1.54) is 17.1 Å². The third-order valence-electron chi connectivity index (χ3n) is 4.84. The molecule has 3 heterocycles. The number of rotatable bonds is 3. The minimum absolute atomic E-state index is 0.0116. The van der Waals surface area contributed by atoms with Crippen LogP contribution in [0.3, 0.4) is 0 Å². The average molecular weight is 402 g/mol. The first-order chi connectivity index (χ1) is 14.2. The number of nitrogens with zero attached hydrogens (tertiary/aromatic N) is 4. The number of hydrogen-bond donors (Lipinski definition) is 0. The molecule has 0 aliphatic carbocycles. The summed E-state index contributed by atoms with van der Waals surface area (Å²) in [7, 11) is 0. The van der Waals surface area contributed by atoms with E-state index in [1.54, 1.807) is 29.7 Å². The second-order valence-corrected chi connectivity index (χ2v) is 7.60. The first-order valence-electron chi connectivity index (χ1n) is 9.12. The second kappa shape index (κ2) is 7.18. The fourth-order valence-corrected chi connectivity index (χ4v) is 4.13. The SMILES string of the molecule is O=C(c1ccccc1F)N1N=C(c2cccs2)CC1c1cnc2ccccc2n1. The Kier molecular flexibility index (Phi) is 4.37. The largest absolute Gasteiger partial charge is 0.277 e. The molecule has 0 saturated heterocycles. The zero-order valence-corrected chi connectivity index (χ0v) is 16.0. The summed E-state index contributed by atoms with van der Waals surface area (Å²) in [6.07, 6.45) is 2.16. The lowest BCUT2D eigenvalue weighted by atomic mass is 10.1. The smallest absolute Gasteiger partial charge is 0.267 e. The minimum Gasteiger partial charge on any atom is -0.267 e. The molecule has 1 aliphatic heterocycles. The molecule has 0 radical (unpaired) electrons. The molecule has 0 spiro atoms. The van der Waals surface area contributed by atoms with Crippen molar-refractivity contribution in [1.29, 1.82) is 0 Å². The number of hydrogen-bond acceptors (Lipinski definition) is 5. The van der Waals surface area contributed by atoms with Gasteiger partial charge in [0.15, 0.2) is 0 Å². The Labute approximate surface area is 170 Å². The van der Waals surface area contributed by atoms with Crippen LogP contribution in [0.25, 0.3) is 11.0 Å². The molecule has 2 aromatic heterocycles. The molecule has 5 rings (SSSR count). The highest BCUT2D eigenvalue weighted by molar-refractivity contribution is 7.12. The molecule has 0 fully saturated rings. The fourth-order valence-electron chi connectivity index (χ4n) is 3.41. The Bertz CT molecular complexity index is 1240. The van der Waals surface area contributed by atoms with Crippen LogP contribution < -0.4 is 0 Å². The Morgan fingerprint density at radius 1 is 1.03 bits per heavy atom. The lowest BCUT2D eigenvalue weighted by Gasteiger charge is -2.21. The van der Waals surface area contributed by atoms with Gasteiger partial charge in [0.1, 0.15) is 11.9 Å². The molecule has 29 heavy (non-hydrogen) atoms. The van der Waals surface area contributed by atoms with Crippen molar-refractivity contribution in [3.8, 4) is 0 Å². The summed E-state index contributed by atoms with van der Waals surface area (Å²) in [6, 6.07) is 17.0. The van der Waals surface area contributed by atoms with E-state index in [2.05, 4.69) is 10.1 Å². The van der Waals surface area contributed by atoms with Gasteiger partial charge in [0, 0.05) is 6.42 Å². The molecule has 1 atom stereocenters. The fraction of sp³-hybridized carbons (Fsp3) is 0.0909. The number of carbonyl (C=O) groups is 1. The summed E-state index contributed by atoms with van der Waals surface area (Å²) >= 11 is 1.55. The van der Waals surface area contributed by atoms with E-state index in [1.807, 2.05) is 41.8 Å². The Balaban J connectivity index is 1.58. The molecule has 7 heteroatoms. The van der Waals surface area contributed by atoms with Crippen molar-refractivity contribution in [1.82, 2.24) is 15.0 Å². The van der Waals surface area contributed by atoms with Crippen LogP contribution in [0.4, 0.5) is 4.39 Å². The highest BCUT2D eigenvalue weighted by Gasteiger charge is 2.36. The normalized spacial score (nSPS) is 16.2. The van der Waals surface area contributed by atoms with E-state index in [-0.39, 0.29) is 5.56 Å². The van der Waals surface area contributed by atoms with Gasteiger partial charge < -0.3 is 0 Å². The quantitative estimate of drug-likeness (QED) is 0.494. The Hall–Kier alpha value is -3.45. The van der Waals surface area contributed by atoms with Crippen molar-refractivity contribution in [2.45, 2.75) is 12.5 Å². The van der Waals surface area contributed by atoms with Crippen LogP contribution in [0, 0.1) is 5.82 Å². The predicted molar refractivity (Wildman–Crippen MR) is 110 cm³/mol. The van der Waals surface area contributed by atoms with Gasteiger partial charge >= 0.3 is 0 Å². The Morgan fingerprint density at radius 3 is 2.62 bits per heavy atom. The summed E-state index contributed by atoms with van der Waals surface area (Å²) in [5.74, 6) is -1.06. The van der Waals surface area contributed by atoms with Crippen molar-refractivity contribution in [2.75, 3.05) is 0 Å². The van der Waals surface area contributed by atoms with Crippen LogP contribution in [0.15, 0.2) is 77.3 Å². The molecule has 0 N–H and O–H groups in total. The summed E-state index contributed by atoms with van der Waals surface area (Å²) in [4.78, 5) is 23.3. The van der Waals surface area contributed by atoms with Gasteiger partial charge in [-0.15, -0.1) is 11.3 Å². The zero-order valence-electron chi connectivity index (χ0n) is 15.2. The molecular weight excluding hydrogens is 387 g/mol. The van der Waals surface area contributed by atoms with Crippen LogP contribution in [0.5, 0.6) is 0 Å². The molecule has 2 aromatic carbocycles. The van der Waals surface area contributed by atoms with E-state index in [9.17, 15) is 9.18 Å². The molecule has 1 unspecified atom stereocenters. The zero-order chi connectivity index (χ0) is 19.8. The molecule has 1 amide bonds. The highest BCUT2D eigenvalue weighted by atomic mass is 32.1. The number of fused-ring (bicyclic) bond motifs is 1. The second-order valence-electron chi connectivity index (χ2n) is 6.66. The van der Waals surface area contributed by atoms with Crippen LogP contribution in [0.2, 0.25) is 0 Å². The molecule has 0 saturated carbocycles. The number of benzene rings is 2. The maximum Gasteiger partial charge on any atom is 0.277 e. The summed E-state index contributed by atoms with van der Waals surface area (Å²) in [6.45, 7) is 0. The standard InChI is InChI=1S/C22H15FN4OS/c23-15-7-2-1-6-14(15)22(28)27-20(12-18(26-27)21-10-5-11-29-21)19-13-24-16-8-3-4-9-17(16)25-19/h1-11,13,20H,12H2. The van der Waals surface area contributed by atoms with Gasteiger partial charge in [-0.25, -0.2) is 14.4 Å². The van der Waals surface area contributed by atoms with Gasteiger partial charge in [0.2, 0.25) is 0 Å². The van der Waals surface area contributed by atoms with Crippen molar-refractivity contribution >= 4 is 34.0 Å². The molecule has 4 aromatic rings. The van der Waals surface area contributed by atoms with Crippen LogP contribution in [-0.4, -0.2) is 26.6 Å². The lowest BCUT2D eigenvalue weighted by Crippen LogP contribution is -2.28.